The van der Waals surface area contributed by atoms with Crippen molar-refractivity contribution in [1.29, 1.82) is 0 Å². The van der Waals surface area contributed by atoms with Crippen LogP contribution in [-0.2, 0) is 17.9 Å². The number of hydrogen-bond acceptors (Lipinski definition) is 5. The molecule has 1 aromatic heterocycles. The molecular formula is C27H26FN3O2S. The van der Waals surface area contributed by atoms with E-state index in [1.165, 1.54) is 17.4 Å². The first-order valence-corrected chi connectivity index (χ1v) is 12.3. The summed E-state index contributed by atoms with van der Waals surface area (Å²) in [6, 6.07) is 22.9. The van der Waals surface area contributed by atoms with Gasteiger partial charge < -0.3 is 15.0 Å². The summed E-state index contributed by atoms with van der Waals surface area (Å²) in [4.78, 5) is 19.5. The van der Waals surface area contributed by atoms with Crippen LogP contribution in [0.15, 0.2) is 72.8 Å². The summed E-state index contributed by atoms with van der Waals surface area (Å²) in [5, 5.41) is 3.85. The first-order chi connectivity index (χ1) is 16.7. The molecule has 1 aliphatic heterocycles. The van der Waals surface area contributed by atoms with Crippen molar-refractivity contribution in [2.75, 3.05) is 18.0 Å². The monoisotopic (exact) mass is 475 g/mol. The first kappa shape index (κ1) is 22.3. The third-order valence-electron chi connectivity index (χ3n) is 6.06. The molecule has 34 heavy (non-hydrogen) atoms. The average molecular weight is 476 g/mol. The zero-order valence-corrected chi connectivity index (χ0v) is 19.6. The summed E-state index contributed by atoms with van der Waals surface area (Å²) in [6.45, 7) is 2.42. The number of para-hydroxylation sites is 1. The normalized spacial score (nSPS) is 15.9. The summed E-state index contributed by atoms with van der Waals surface area (Å²) in [5.41, 5.74) is 2.55. The summed E-state index contributed by atoms with van der Waals surface area (Å²) in [5.74, 6) is 0.428. The Labute approximate surface area is 202 Å². The lowest BCUT2D eigenvalue weighted by Crippen LogP contribution is -2.42. The van der Waals surface area contributed by atoms with Crippen LogP contribution in [0.4, 0.5) is 9.52 Å². The molecule has 1 unspecified atom stereocenters. The molecule has 0 aliphatic carbocycles. The van der Waals surface area contributed by atoms with Gasteiger partial charge in [-0.05, 0) is 48.2 Å². The van der Waals surface area contributed by atoms with Crippen molar-refractivity contribution in [2.45, 2.75) is 26.0 Å². The molecule has 7 heteroatoms. The number of ether oxygens (including phenoxy) is 1. The lowest BCUT2D eigenvalue weighted by atomic mass is 9.97. The van der Waals surface area contributed by atoms with Crippen molar-refractivity contribution in [3.63, 3.8) is 0 Å². The zero-order valence-electron chi connectivity index (χ0n) is 18.7. The van der Waals surface area contributed by atoms with Crippen molar-refractivity contribution in [3.05, 3.63) is 89.7 Å². The molecular weight excluding hydrogens is 449 g/mol. The fourth-order valence-corrected chi connectivity index (χ4v) is 5.20. The minimum Gasteiger partial charge on any atom is -0.489 e. The Morgan fingerprint density at radius 3 is 2.68 bits per heavy atom. The van der Waals surface area contributed by atoms with Crippen molar-refractivity contribution in [2.24, 2.45) is 5.92 Å². The van der Waals surface area contributed by atoms with Crippen molar-refractivity contribution >= 4 is 32.6 Å². The number of carbonyl (C=O) groups is 1. The van der Waals surface area contributed by atoms with Gasteiger partial charge in [-0.15, -0.1) is 0 Å². The zero-order chi connectivity index (χ0) is 23.3. The SMILES string of the molecule is O=C(NCc1ccc(OCc2ccccc2)cc1)C1CCCN(c2nc3c(F)cccc3s2)C1. The van der Waals surface area contributed by atoms with E-state index in [-0.39, 0.29) is 17.6 Å². The average Bonchev–Trinajstić information content (AvgIpc) is 3.33. The van der Waals surface area contributed by atoms with Crippen LogP contribution >= 0.6 is 11.3 Å². The Morgan fingerprint density at radius 2 is 1.88 bits per heavy atom. The molecule has 1 aliphatic rings. The van der Waals surface area contributed by atoms with Crippen LogP contribution in [0, 0.1) is 11.7 Å². The Kier molecular flexibility index (Phi) is 6.72. The van der Waals surface area contributed by atoms with E-state index in [0.29, 0.717) is 25.2 Å². The number of amides is 1. The van der Waals surface area contributed by atoms with E-state index in [0.717, 1.165) is 46.1 Å². The van der Waals surface area contributed by atoms with Crippen LogP contribution in [0.5, 0.6) is 5.75 Å². The highest BCUT2D eigenvalue weighted by atomic mass is 32.1. The molecule has 0 radical (unpaired) electrons. The summed E-state index contributed by atoms with van der Waals surface area (Å²) in [7, 11) is 0. The lowest BCUT2D eigenvalue weighted by Gasteiger charge is -2.31. The number of aromatic nitrogens is 1. The summed E-state index contributed by atoms with van der Waals surface area (Å²) < 4.78 is 20.7. The van der Waals surface area contributed by atoms with E-state index in [4.69, 9.17) is 4.74 Å². The number of fused-ring (bicyclic) bond motifs is 1. The smallest absolute Gasteiger partial charge is 0.225 e. The summed E-state index contributed by atoms with van der Waals surface area (Å²) >= 11 is 1.48. The molecule has 0 saturated carbocycles. The number of carbonyl (C=O) groups excluding carboxylic acids is 1. The predicted octanol–water partition coefficient (Wildman–Crippen LogP) is 5.55. The molecule has 0 spiro atoms. The van der Waals surface area contributed by atoms with Gasteiger partial charge >= 0.3 is 0 Å². The number of nitrogens with zero attached hydrogens (tertiary/aromatic N) is 2. The topological polar surface area (TPSA) is 54.5 Å². The standard InChI is InChI=1S/C27H26FN3O2S/c28-23-9-4-10-24-25(23)30-27(34-24)31-15-5-8-21(17-31)26(32)29-16-19-11-13-22(14-12-19)33-18-20-6-2-1-3-7-20/h1-4,6-7,9-14,21H,5,8,15-18H2,(H,29,32). The molecule has 1 N–H and O–H groups in total. The summed E-state index contributed by atoms with van der Waals surface area (Å²) in [6.07, 6.45) is 1.75. The third kappa shape index (κ3) is 5.20. The van der Waals surface area contributed by atoms with Gasteiger partial charge in [0, 0.05) is 19.6 Å². The van der Waals surface area contributed by atoms with Gasteiger partial charge in [-0.1, -0.05) is 59.9 Å². The van der Waals surface area contributed by atoms with Gasteiger partial charge in [-0.2, -0.15) is 0 Å². The minimum atomic E-state index is -0.303. The highest BCUT2D eigenvalue weighted by molar-refractivity contribution is 7.22. The van der Waals surface area contributed by atoms with Crippen molar-refractivity contribution in [3.8, 4) is 5.75 Å². The van der Waals surface area contributed by atoms with Gasteiger partial charge in [-0.3, -0.25) is 4.79 Å². The Hall–Kier alpha value is -3.45. The van der Waals surface area contributed by atoms with Gasteiger partial charge in [0.2, 0.25) is 5.91 Å². The number of anilines is 1. The quantitative estimate of drug-likeness (QED) is 0.381. The van der Waals surface area contributed by atoms with E-state index < -0.39 is 0 Å². The Morgan fingerprint density at radius 1 is 1.06 bits per heavy atom. The van der Waals surface area contributed by atoms with Gasteiger partial charge in [0.05, 0.1) is 10.6 Å². The number of nitrogens with one attached hydrogen (secondary N) is 1. The van der Waals surface area contributed by atoms with Crippen LogP contribution in [0.3, 0.4) is 0 Å². The second-order valence-electron chi connectivity index (χ2n) is 8.50. The maximum absolute atomic E-state index is 14.0. The second kappa shape index (κ2) is 10.2. The first-order valence-electron chi connectivity index (χ1n) is 11.5. The van der Waals surface area contributed by atoms with E-state index in [9.17, 15) is 9.18 Å². The van der Waals surface area contributed by atoms with Gasteiger partial charge in [-0.25, -0.2) is 9.37 Å². The Balaban J connectivity index is 1.14. The largest absolute Gasteiger partial charge is 0.489 e. The molecule has 1 saturated heterocycles. The number of halogens is 1. The number of thiazole rings is 1. The molecule has 1 atom stereocenters. The maximum Gasteiger partial charge on any atom is 0.225 e. The van der Waals surface area contributed by atoms with Gasteiger partial charge in [0.1, 0.15) is 23.7 Å². The van der Waals surface area contributed by atoms with Crippen LogP contribution < -0.4 is 15.0 Å². The van der Waals surface area contributed by atoms with Gasteiger partial charge in [0.15, 0.2) is 5.13 Å². The minimum absolute atomic E-state index is 0.0430. The lowest BCUT2D eigenvalue weighted by molar-refractivity contribution is -0.125. The number of benzene rings is 3. The molecule has 1 fully saturated rings. The molecule has 3 aromatic carbocycles. The second-order valence-corrected chi connectivity index (χ2v) is 9.51. The Bertz CT molecular complexity index is 1260. The van der Waals surface area contributed by atoms with E-state index in [1.54, 1.807) is 6.07 Å². The van der Waals surface area contributed by atoms with Crippen LogP contribution in [0.25, 0.3) is 10.2 Å². The third-order valence-corrected chi connectivity index (χ3v) is 7.14. The molecule has 4 aromatic rings. The fourth-order valence-electron chi connectivity index (χ4n) is 4.18. The number of rotatable bonds is 7. The fraction of sp³-hybridized carbons (Fsp3) is 0.259. The molecule has 0 bridgehead atoms. The number of piperidine rings is 1. The van der Waals surface area contributed by atoms with Crippen LogP contribution in [0.1, 0.15) is 24.0 Å². The maximum atomic E-state index is 14.0. The van der Waals surface area contributed by atoms with Crippen LogP contribution in [-0.4, -0.2) is 24.0 Å². The van der Waals surface area contributed by atoms with Crippen LogP contribution in [0.2, 0.25) is 0 Å². The number of hydrogen-bond donors (Lipinski definition) is 1. The molecule has 5 nitrogen and oxygen atoms in total. The van der Waals surface area contributed by atoms with Gasteiger partial charge in [0.25, 0.3) is 0 Å². The molecule has 2 heterocycles. The van der Waals surface area contributed by atoms with E-state index in [1.807, 2.05) is 60.7 Å². The molecule has 1 amide bonds. The van der Waals surface area contributed by atoms with E-state index >= 15 is 0 Å². The molecule has 174 valence electrons. The van der Waals surface area contributed by atoms with Crippen molar-refractivity contribution < 1.29 is 13.9 Å². The highest BCUT2D eigenvalue weighted by Crippen LogP contribution is 2.32. The van der Waals surface area contributed by atoms with E-state index in [2.05, 4.69) is 15.2 Å². The molecule has 5 rings (SSSR count). The predicted molar refractivity (Wildman–Crippen MR) is 134 cm³/mol. The highest BCUT2D eigenvalue weighted by Gasteiger charge is 2.27. The van der Waals surface area contributed by atoms with Crippen molar-refractivity contribution in [1.82, 2.24) is 10.3 Å².